The van der Waals surface area contributed by atoms with Crippen LogP contribution >= 0.6 is 0 Å². The lowest BCUT2D eigenvalue weighted by molar-refractivity contribution is -0.143. The Morgan fingerprint density at radius 3 is 2.47 bits per heavy atom. The van der Waals surface area contributed by atoms with Crippen LogP contribution in [-0.4, -0.2) is 66.2 Å². The van der Waals surface area contributed by atoms with Crippen LogP contribution < -0.4 is 0 Å². The summed E-state index contributed by atoms with van der Waals surface area (Å²) in [5.74, 6) is -1.27. The van der Waals surface area contributed by atoms with Gasteiger partial charge in [-0.1, -0.05) is 13.8 Å². The standard InChI is InChI=1S/C10H15NO6.C2H6/c12-8-1-2-9(13)11(8)3-4-16-5-6-17-7-10(14)15;1-2/h1-2,8,12H,3-7H2,(H,14,15);1-2H3. The van der Waals surface area contributed by atoms with Crippen LogP contribution in [0.15, 0.2) is 12.2 Å². The molecule has 1 aliphatic rings. The average molecular weight is 275 g/mol. The molecule has 0 aromatic heterocycles. The van der Waals surface area contributed by atoms with Crippen molar-refractivity contribution in [2.45, 2.75) is 20.1 Å². The SMILES string of the molecule is CC.O=C(O)COCCOCCN1C(=O)C=CC1O. The van der Waals surface area contributed by atoms with Crippen LogP contribution in [0.25, 0.3) is 0 Å². The predicted molar refractivity (Wildman–Crippen MR) is 67.5 cm³/mol. The molecule has 19 heavy (non-hydrogen) atoms. The largest absolute Gasteiger partial charge is 0.480 e. The smallest absolute Gasteiger partial charge is 0.329 e. The van der Waals surface area contributed by atoms with Gasteiger partial charge in [-0.05, 0) is 6.08 Å². The van der Waals surface area contributed by atoms with Crippen LogP contribution in [-0.2, 0) is 19.1 Å². The van der Waals surface area contributed by atoms with Gasteiger partial charge in [0.15, 0.2) is 0 Å². The second-order valence-electron chi connectivity index (χ2n) is 3.36. The molecule has 0 bridgehead atoms. The van der Waals surface area contributed by atoms with E-state index in [1.165, 1.54) is 17.1 Å². The molecule has 0 saturated carbocycles. The van der Waals surface area contributed by atoms with Gasteiger partial charge in [0.25, 0.3) is 0 Å². The summed E-state index contributed by atoms with van der Waals surface area (Å²) in [4.78, 5) is 22.5. The molecule has 1 aliphatic heterocycles. The number of carbonyl (C=O) groups is 2. The topological polar surface area (TPSA) is 96.3 Å². The fourth-order valence-corrected chi connectivity index (χ4v) is 1.28. The van der Waals surface area contributed by atoms with Crippen LogP contribution in [0.2, 0.25) is 0 Å². The molecule has 1 heterocycles. The fraction of sp³-hybridized carbons (Fsp3) is 0.667. The van der Waals surface area contributed by atoms with Gasteiger partial charge in [-0.25, -0.2) is 4.79 Å². The minimum Gasteiger partial charge on any atom is -0.480 e. The summed E-state index contributed by atoms with van der Waals surface area (Å²) in [6.45, 7) is 4.63. The van der Waals surface area contributed by atoms with Gasteiger partial charge < -0.3 is 24.6 Å². The minimum absolute atomic E-state index is 0.182. The summed E-state index contributed by atoms with van der Waals surface area (Å²) in [5, 5.41) is 17.6. The van der Waals surface area contributed by atoms with Gasteiger partial charge in [0, 0.05) is 12.6 Å². The molecule has 1 atom stereocenters. The quantitative estimate of drug-likeness (QED) is 0.598. The summed E-state index contributed by atoms with van der Waals surface area (Å²) < 4.78 is 9.87. The summed E-state index contributed by atoms with van der Waals surface area (Å²) in [5.41, 5.74) is 0. The van der Waals surface area contributed by atoms with Gasteiger partial charge in [0.1, 0.15) is 12.8 Å². The lowest BCUT2D eigenvalue weighted by Crippen LogP contribution is -2.36. The van der Waals surface area contributed by atoms with E-state index in [-0.39, 0.29) is 38.9 Å². The highest BCUT2D eigenvalue weighted by Crippen LogP contribution is 2.07. The minimum atomic E-state index is -1.03. The van der Waals surface area contributed by atoms with E-state index in [1.54, 1.807) is 0 Å². The van der Waals surface area contributed by atoms with E-state index in [0.717, 1.165) is 0 Å². The number of carboxylic acid groups (broad SMARTS) is 1. The van der Waals surface area contributed by atoms with Crippen molar-refractivity contribution in [2.24, 2.45) is 0 Å². The molecule has 7 heteroatoms. The van der Waals surface area contributed by atoms with Gasteiger partial charge in [-0.2, -0.15) is 0 Å². The van der Waals surface area contributed by atoms with Gasteiger partial charge in [-0.3, -0.25) is 4.79 Å². The molecule has 1 unspecified atom stereocenters. The first kappa shape index (κ1) is 17.6. The number of hydrogen-bond acceptors (Lipinski definition) is 5. The van der Waals surface area contributed by atoms with Gasteiger partial charge in [0.2, 0.25) is 5.91 Å². The molecule has 1 amide bonds. The molecule has 0 radical (unpaired) electrons. The van der Waals surface area contributed by atoms with Crippen molar-refractivity contribution >= 4 is 11.9 Å². The average Bonchev–Trinajstić information content (AvgIpc) is 2.71. The predicted octanol–water partition coefficient (Wildman–Crippen LogP) is -0.153. The molecule has 0 saturated heterocycles. The Labute approximate surface area is 112 Å². The Kier molecular flexibility index (Phi) is 9.69. The zero-order valence-electron chi connectivity index (χ0n) is 11.2. The van der Waals surface area contributed by atoms with Crippen LogP contribution in [0.3, 0.4) is 0 Å². The highest BCUT2D eigenvalue weighted by Gasteiger charge is 2.22. The third-order valence-corrected chi connectivity index (χ3v) is 2.09. The van der Waals surface area contributed by atoms with Crippen LogP contribution in [0.5, 0.6) is 0 Å². The van der Waals surface area contributed by atoms with Gasteiger partial charge >= 0.3 is 5.97 Å². The fourth-order valence-electron chi connectivity index (χ4n) is 1.28. The normalized spacial score (nSPS) is 17.3. The third-order valence-electron chi connectivity index (χ3n) is 2.09. The second kappa shape index (κ2) is 10.5. The Bertz CT molecular complexity index is 305. The maximum absolute atomic E-state index is 11.2. The Morgan fingerprint density at radius 2 is 1.95 bits per heavy atom. The summed E-state index contributed by atoms with van der Waals surface area (Å²) in [6.07, 6.45) is 1.83. The molecule has 110 valence electrons. The van der Waals surface area contributed by atoms with Crippen molar-refractivity contribution < 1.29 is 29.3 Å². The van der Waals surface area contributed by atoms with Crippen LogP contribution in [0, 0.1) is 0 Å². The highest BCUT2D eigenvalue weighted by molar-refractivity contribution is 5.90. The molecular formula is C12H21NO6. The Balaban J connectivity index is 0.00000154. The highest BCUT2D eigenvalue weighted by atomic mass is 16.5. The van der Waals surface area contributed by atoms with E-state index < -0.39 is 12.2 Å². The van der Waals surface area contributed by atoms with Crippen molar-refractivity contribution in [1.82, 2.24) is 4.90 Å². The van der Waals surface area contributed by atoms with E-state index in [1.807, 2.05) is 13.8 Å². The molecule has 0 aromatic rings. The maximum Gasteiger partial charge on any atom is 0.329 e. The Morgan fingerprint density at radius 1 is 1.32 bits per heavy atom. The summed E-state index contributed by atoms with van der Waals surface area (Å²) >= 11 is 0. The number of aliphatic carboxylic acids is 1. The number of hydrogen-bond donors (Lipinski definition) is 2. The number of rotatable bonds is 8. The summed E-state index contributed by atoms with van der Waals surface area (Å²) in [6, 6.07) is 0. The van der Waals surface area contributed by atoms with E-state index in [2.05, 4.69) is 0 Å². The molecule has 2 N–H and O–H groups in total. The lowest BCUT2D eigenvalue weighted by atomic mass is 10.5. The van der Waals surface area contributed by atoms with Crippen molar-refractivity contribution in [1.29, 1.82) is 0 Å². The van der Waals surface area contributed by atoms with Crippen molar-refractivity contribution in [3.05, 3.63) is 12.2 Å². The third kappa shape index (κ3) is 7.55. The molecule has 0 aromatic carbocycles. The number of aliphatic hydroxyl groups excluding tert-OH is 1. The number of carbonyl (C=O) groups excluding carboxylic acids is 1. The number of nitrogens with zero attached hydrogens (tertiary/aromatic N) is 1. The number of amides is 1. The van der Waals surface area contributed by atoms with Crippen molar-refractivity contribution in [3.63, 3.8) is 0 Å². The second-order valence-corrected chi connectivity index (χ2v) is 3.36. The van der Waals surface area contributed by atoms with E-state index >= 15 is 0 Å². The van der Waals surface area contributed by atoms with Crippen LogP contribution in [0.4, 0.5) is 0 Å². The van der Waals surface area contributed by atoms with E-state index in [0.29, 0.717) is 0 Å². The first-order valence-electron chi connectivity index (χ1n) is 6.15. The molecule has 0 spiro atoms. The Hall–Kier alpha value is -1.44. The molecule has 7 nitrogen and oxygen atoms in total. The van der Waals surface area contributed by atoms with E-state index in [9.17, 15) is 14.7 Å². The number of carboxylic acids is 1. The van der Waals surface area contributed by atoms with Gasteiger partial charge in [-0.15, -0.1) is 0 Å². The molecule has 0 fully saturated rings. The summed E-state index contributed by atoms with van der Waals surface area (Å²) in [7, 11) is 0. The monoisotopic (exact) mass is 275 g/mol. The van der Waals surface area contributed by atoms with Gasteiger partial charge in [0.05, 0.1) is 19.8 Å². The molecule has 1 rings (SSSR count). The van der Waals surface area contributed by atoms with Crippen LogP contribution in [0.1, 0.15) is 13.8 Å². The maximum atomic E-state index is 11.2. The van der Waals surface area contributed by atoms with E-state index in [4.69, 9.17) is 14.6 Å². The zero-order chi connectivity index (χ0) is 14.7. The van der Waals surface area contributed by atoms with Crippen molar-refractivity contribution in [2.75, 3.05) is 33.0 Å². The van der Waals surface area contributed by atoms with Crippen molar-refractivity contribution in [3.8, 4) is 0 Å². The molecule has 0 aliphatic carbocycles. The first-order chi connectivity index (χ1) is 9.11. The number of ether oxygens (including phenoxy) is 2. The number of aliphatic hydroxyl groups is 1. The lowest BCUT2D eigenvalue weighted by Gasteiger charge is -2.19. The molecular weight excluding hydrogens is 254 g/mol. The first-order valence-corrected chi connectivity index (χ1v) is 6.15. The zero-order valence-corrected chi connectivity index (χ0v) is 11.2.